The number of thioether (sulfide) groups is 1. The van der Waals surface area contributed by atoms with Gasteiger partial charge >= 0.3 is 0 Å². The van der Waals surface area contributed by atoms with Gasteiger partial charge in [0.2, 0.25) is 5.91 Å². The molecule has 33 heavy (non-hydrogen) atoms. The Kier molecular flexibility index (Phi) is 6.71. The number of hydrogen-bond acceptors (Lipinski definition) is 7. The molecule has 0 spiro atoms. The molecule has 0 fully saturated rings. The van der Waals surface area contributed by atoms with E-state index in [0.717, 1.165) is 21.5 Å². The highest BCUT2D eigenvalue weighted by molar-refractivity contribution is 7.99. The third-order valence-electron chi connectivity index (χ3n) is 5.11. The minimum atomic E-state index is -0.440. The highest BCUT2D eigenvalue weighted by atomic mass is 32.2. The molecule has 4 aromatic rings. The summed E-state index contributed by atoms with van der Waals surface area (Å²) in [6, 6.07) is 12.6. The van der Waals surface area contributed by atoms with Crippen LogP contribution in [0.4, 0.5) is 10.8 Å². The number of nitrogens with one attached hydrogen (secondary N) is 1. The Hall–Kier alpha value is -3.30. The number of benzene rings is 2. The molecular formula is C24H22N4O3S2. The Morgan fingerprint density at radius 3 is 2.73 bits per heavy atom. The van der Waals surface area contributed by atoms with Crippen LogP contribution in [0.1, 0.15) is 23.1 Å². The molecule has 0 atom stereocenters. The van der Waals surface area contributed by atoms with Gasteiger partial charge in [0, 0.05) is 40.6 Å². The number of fused-ring (bicyclic) bond motifs is 1. The maximum absolute atomic E-state index is 12.4. The average Bonchev–Trinajstić information content (AvgIpc) is 3.23. The number of non-ortho nitro benzene ring substituents is 1. The number of aryl methyl sites for hydroxylation is 3. The van der Waals surface area contributed by atoms with Crippen molar-refractivity contribution in [2.24, 2.45) is 0 Å². The minimum absolute atomic E-state index is 0.00553. The van der Waals surface area contributed by atoms with Crippen molar-refractivity contribution in [3.05, 3.63) is 74.6 Å². The molecule has 0 aliphatic carbocycles. The van der Waals surface area contributed by atoms with Crippen LogP contribution in [0.3, 0.4) is 0 Å². The molecule has 4 rings (SSSR count). The zero-order valence-electron chi connectivity index (χ0n) is 18.4. The summed E-state index contributed by atoms with van der Waals surface area (Å²) in [6.07, 6.45) is 0.321. The quantitative estimate of drug-likeness (QED) is 0.190. The van der Waals surface area contributed by atoms with E-state index in [9.17, 15) is 14.9 Å². The Balaban J connectivity index is 1.36. The van der Waals surface area contributed by atoms with E-state index in [1.807, 2.05) is 0 Å². The molecule has 1 amide bonds. The van der Waals surface area contributed by atoms with E-state index in [0.29, 0.717) is 28.6 Å². The zero-order chi connectivity index (χ0) is 23.5. The molecule has 0 unspecified atom stereocenters. The second kappa shape index (κ2) is 9.68. The van der Waals surface area contributed by atoms with E-state index in [4.69, 9.17) is 4.98 Å². The van der Waals surface area contributed by atoms with Crippen LogP contribution in [0.15, 0.2) is 52.9 Å². The third kappa shape index (κ3) is 5.37. The van der Waals surface area contributed by atoms with Gasteiger partial charge in [-0.05, 0) is 44.0 Å². The molecule has 0 aliphatic rings. The third-order valence-corrected chi connectivity index (χ3v) is 6.78. The van der Waals surface area contributed by atoms with Crippen molar-refractivity contribution in [1.29, 1.82) is 0 Å². The predicted molar refractivity (Wildman–Crippen MR) is 134 cm³/mol. The first-order chi connectivity index (χ1) is 15.8. The molecule has 0 saturated heterocycles. The maximum Gasteiger partial charge on any atom is 0.270 e. The molecule has 0 aliphatic heterocycles. The fourth-order valence-electron chi connectivity index (χ4n) is 3.56. The molecule has 0 bridgehead atoms. The van der Waals surface area contributed by atoms with Crippen LogP contribution >= 0.6 is 23.1 Å². The maximum atomic E-state index is 12.4. The summed E-state index contributed by atoms with van der Waals surface area (Å²) in [7, 11) is 0. The van der Waals surface area contributed by atoms with Gasteiger partial charge < -0.3 is 5.32 Å². The second-order valence-corrected chi connectivity index (χ2v) is 9.72. The van der Waals surface area contributed by atoms with Crippen LogP contribution in [-0.4, -0.2) is 26.6 Å². The van der Waals surface area contributed by atoms with Crippen molar-refractivity contribution >= 4 is 50.7 Å². The monoisotopic (exact) mass is 478 g/mol. The molecular weight excluding hydrogens is 456 g/mol. The van der Waals surface area contributed by atoms with E-state index in [2.05, 4.69) is 49.3 Å². The summed E-state index contributed by atoms with van der Waals surface area (Å²) in [5, 5.41) is 18.1. The summed E-state index contributed by atoms with van der Waals surface area (Å²) in [5.74, 6) is 0.462. The second-order valence-electron chi connectivity index (χ2n) is 7.75. The topological polar surface area (TPSA) is 98.0 Å². The molecule has 168 valence electrons. The highest BCUT2D eigenvalue weighted by Gasteiger charge is 2.12. The number of nitrogens with zero attached hydrogens (tertiary/aromatic N) is 3. The van der Waals surface area contributed by atoms with E-state index in [1.54, 1.807) is 29.3 Å². The lowest BCUT2D eigenvalue weighted by atomic mass is 10.0. The van der Waals surface area contributed by atoms with Gasteiger partial charge in [-0.25, -0.2) is 9.97 Å². The Morgan fingerprint density at radius 2 is 1.94 bits per heavy atom. The van der Waals surface area contributed by atoms with Crippen molar-refractivity contribution in [2.75, 3.05) is 11.1 Å². The van der Waals surface area contributed by atoms with Crippen LogP contribution in [0.25, 0.3) is 22.2 Å². The van der Waals surface area contributed by atoms with E-state index in [1.165, 1.54) is 34.6 Å². The summed E-state index contributed by atoms with van der Waals surface area (Å²) in [5.41, 5.74) is 5.79. The summed E-state index contributed by atoms with van der Waals surface area (Å²) < 4.78 is 0. The lowest BCUT2D eigenvalue weighted by Crippen LogP contribution is -2.12. The first-order valence-electron chi connectivity index (χ1n) is 10.3. The fraction of sp³-hybridized carbons (Fsp3) is 0.208. The number of nitro groups is 1. The Bertz CT molecular complexity index is 1370. The van der Waals surface area contributed by atoms with Gasteiger partial charge in [-0.2, -0.15) is 0 Å². The van der Waals surface area contributed by atoms with Gasteiger partial charge in [0.05, 0.1) is 21.2 Å². The van der Waals surface area contributed by atoms with Crippen molar-refractivity contribution in [1.82, 2.24) is 9.97 Å². The van der Waals surface area contributed by atoms with Crippen LogP contribution in [0.5, 0.6) is 0 Å². The molecule has 1 N–H and O–H groups in total. The number of nitro benzene ring substituents is 1. The van der Waals surface area contributed by atoms with Gasteiger partial charge in [-0.3, -0.25) is 14.9 Å². The smallest absolute Gasteiger partial charge is 0.270 e. The van der Waals surface area contributed by atoms with Crippen LogP contribution < -0.4 is 5.32 Å². The van der Waals surface area contributed by atoms with Crippen LogP contribution in [0, 0.1) is 30.9 Å². The number of thiazole rings is 1. The summed E-state index contributed by atoms with van der Waals surface area (Å²) >= 11 is 2.85. The van der Waals surface area contributed by atoms with Crippen LogP contribution in [-0.2, 0) is 4.79 Å². The van der Waals surface area contributed by atoms with Gasteiger partial charge in [0.1, 0.15) is 0 Å². The number of hydrogen-bond donors (Lipinski definition) is 1. The van der Waals surface area contributed by atoms with Gasteiger partial charge in [0.25, 0.3) is 5.69 Å². The normalized spacial score (nSPS) is 11.0. The summed E-state index contributed by atoms with van der Waals surface area (Å²) in [4.78, 5) is 32.1. The lowest BCUT2D eigenvalue weighted by molar-refractivity contribution is -0.384. The standard InChI is InChI=1S/C24H22N4O3S2/c1-14-9-16(3)23-19(10-14)15(2)11-22(27-23)32-8-7-21(29)26-24-25-20(13-33-24)17-5-4-6-18(12-17)28(30)31/h4-6,9-13H,7-8H2,1-3H3,(H,25,26,29). The largest absolute Gasteiger partial charge is 0.302 e. The van der Waals surface area contributed by atoms with E-state index < -0.39 is 4.92 Å². The first-order valence-corrected chi connectivity index (χ1v) is 12.2. The summed E-state index contributed by atoms with van der Waals surface area (Å²) in [6.45, 7) is 6.24. The number of pyridine rings is 1. The van der Waals surface area contributed by atoms with E-state index >= 15 is 0 Å². The molecule has 2 aromatic carbocycles. The Labute approximate surface area is 199 Å². The molecule has 2 heterocycles. The average molecular weight is 479 g/mol. The van der Waals surface area contributed by atoms with Crippen molar-refractivity contribution in [2.45, 2.75) is 32.2 Å². The SMILES string of the molecule is Cc1cc(C)c2nc(SCCC(=O)Nc3nc(-c4cccc([N+](=O)[O-])c4)cs3)cc(C)c2c1. The fourth-order valence-corrected chi connectivity index (χ4v) is 5.21. The van der Waals surface area contributed by atoms with Gasteiger partial charge in [-0.1, -0.05) is 23.8 Å². The molecule has 9 heteroatoms. The number of carbonyl (C=O) groups is 1. The number of carbonyl (C=O) groups excluding carboxylic acids is 1. The van der Waals surface area contributed by atoms with Gasteiger partial charge in [0.15, 0.2) is 5.13 Å². The van der Waals surface area contributed by atoms with Crippen molar-refractivity contribution in [3.63, 3.8) is 0 Å². The number of anilines is 1. The number of amides is 1. The Morgan fingerprint density at radius 1 is 1.12 bits per heavy atom. The van der Waals surface area contributed by atoms with E-state index in [-0.39, 0.29) is 11.6 Å². The molecule has 2 aromatic heterocycles. The lowest BCUT2D eigenvalue weighted by Gasteiger charge is -2.09. The zero-order valence-corrected chi connectivity index (χ0v) is 20.0. The number of aromatic nitrogens is 2. The highest BCUT2D eigenvalue weighted by Crippen LogP contribution is 2.29. The minimum Gasteiger partial charge on any atom is -0.302 e. The van der Waals surface area contributed by atoms with Gasteiger partial charge in [-0.15, -0.1) is 23.1 Å². The first kappa shape index (κ1) is 22.9. The van der Waals surface area contributed by atoms with Crippen LogP contribution in [0.2, 0.25) is 0 Å². The predicted octanol–water partition coefficient (Wildman–Crippen LogP) is 6.31. The van der Waals surface area contributed by atoms with Crippen molar-refractivity contribution in [3.8, 4) is 11.3 Å². The number of rotatable bonds is 7. The molecule has 0 saturated carbocycles. The molecule has 7 nitrogen and oxygen atoms in total. The van der Waals surface area contributed by atoms with Crippen molar-refractivity contribution < 1.29 is 9.72 Å². The molecule has 0 radical (unpaired) electrons.